The minimum Gasteiger partial charge on any atom is -0.507 e. The van der Waals surface area contributed by atoms with Crippen LogP contribution < -0.4 is 10.2 Å². The summed E-state index contributed by atoms with van der Waals surface area (Å²) in [6.07, 6.45) is 10.8. The van der Waals surface area contributed by atoms with Crippen LogP contribution in [-0.2, 0) is 4.79 Å². The number of amides is 1. The molecule has 3 atom stereocenters. The third-order valence-corrected chi connectivity index (χ3v) is 7.40. The molecular formula is C26H34N4O2. The smallest absolute Gasteiger partial charge is 0.243 e. The number of carbonyl (C=O) groups excluding carboxylic acids is 1. The number of nitrogens with one attached hydrogen (secondary N) is 1. The van der Waals surface area contributed by atoms with Crippen molar-refractivity contribution in [3.8, 4) is 17.0 Å². The highest BCUT2D eigenvalue weighted by Gasteiger charge is 2.47. The van der Waals surface area contributed by atoms with Gasteiger partial charge >= 0.3 is 0 Å². The van der Waals surface area contributed by atoms with Gasteiger partial charge in [-0.25, -0.2) is 0 Å². The second-order valence-electron chi connectivity index (χ2n) is 10.3. The minimum absolute atomic E-state index is 0.111. The molecule has 6 nitrogen and oxygen atoms in total. The van der Waals surface area contributed by atoms with Crippen molar-refractivity contribution < 1.29 is 9.90 Å². The van der Waals surface area contributed by atoms with Crippen LogP contribution in [0.25, 0.3) is 17.3 Å². The first-order valence-corrected chi connectivity index (χ1v) is 11.5. The average molecular weight is 435 g/mol. The minimum atomic E-state index is -0.191. The van der Waals surface area contributed by atoms with Gasteiger partial charge in [-0.15, -0.1) is 10.2 Å². The molecule has 6 heteroatoms. The molecule has 2 aliphatic rings. The molecule has 2 aliphatic carbocycles. The van der Waals surface area contributed by atoms with Crippen molar-refractivity contribution in [3.63, 3.8) is 0 Å². The molecule has 2 saturated carbocycles. The van der Waals surface area contributed by atoms with Crippen molar-refractivity contribution in [1.29, 1.82) is 0 Å². The SMILES string of the molecule is CNC(=O)/C=C/c1ccc(-c2ccc(N(C)C3C[C@]4(C)CCC[C@](C)(C3)C4)nn2)c(O)c1. The van der Waals surface area contributed by atoms with Gasteiger partial charge in [0, 0.05) is 31.8 Å². The lowest BCUT2D eigenvalue weighted by Gasteiger charge is -2.54. The number of nitrogens with zero attached hydrogens (tertiary/aromatic N) is 3. The maximum Gasteiger partial charge on any atom is 0.243 e. The third-order valence-electron chi connectivity index (χ3n) is 7.40. The van der Waals surface area contributed by atoms with E-state index in [0.29, 0.717) is 28.1 Å². The number of phenolic OH excluding ortho intramolecular Hbond substituents is 1. The van der Waals surface area contributed by atoms with Crippen LogP contribution in [0.2, 0.25) is 0 Å². The molecule has 2 aromatic rings. The van der Waals surface area contributed by atoms with Gasteiger partial charge in [0.25, 0.3) is 0 Å². The molecule has 170 valence electrons. The summed E-state index contributed by atoms with van der Waals surface area (Å²) in [5, 5.41) is 21.9. The first kappa shape index (κ1) is 22.3. The second-order valence-corrected chi connectivity index (χ2v) is 10.3. The van der Waals surface area contributed by atoms with E-state index in [9.17, 15) is 9.90 Å². The number of rotatable bonds is 5. The fraction of sp³-hybridized carbons (Fsp3) is 0.500. The summed E-state index contributed by atoms with van der Waals surface area (Å²) in [6.45, 7) is 4.91. The largest absolute Gasteiger partial charge is 0.507 e. The fourth-order valence-electron chi connectivity index (χ4n) is 5.95. The zero-order valence-electron chi connectivity index (χ0n) is 19.6. The van der Waals surface area contributed by atoms with Crippen LogP contribution in [0.3, 0.4) is 0 Å². The Hall–Kier alpha value is -2.89. The summed E-state index contributed by atoms with van der Waals surface area (Å²) < 4.78 is 0. The Bertz CT molecular complexity index is 1000. The summed E-state index contributed by atoms with van der Waals surface area (Å²) in [6, 6.07) is 9.66. The number of phenols is 1. The van der Waals surface area contributed by atoms with Crippen LogP contribution in [0.4, 0.5) is 5.82 Å². The Morgan fingerprint density at radius 2 is 1.88 bits per heavy atom. The Morgan fingerprint density at radius 1 is 1.16 bits per heavy atom. The van der Waals surface area contributed by atoms with E-state index in [4.69, 9.17) is 0 Å². The highest BCUT2D eigenvalue weighted by molar-refractivity contribution is 5.91. The molecule has 4 rings (SSSR count). The molecule has 1 aromatic carbocycles. The number of carbonyl (C=O) groups is 1. The van der Waals surface area contributed by atoms with Gasteiger partial charge in [0.05, 0.1) is 5.69 Å². The van der Waals surface area contributed by atoms with Gasteiger partial charge in [-0.1, -0.05) is 26.3 Å². The predicted octanol–water partition coefficient (Wildman–Crippen LogP) is 4.79. The lowest BCUT2D eigenvalue weighted by Crippen LogP contribution is -2.49. The number of aromatic nitrogens is 2. The van der Waals surface area contributed by atoms with Gasteiger partial charge in [0.2, 0.25) is 5.91 Å². The third kappa shape index (κ3) is 4.64. The van der Waals surface area contributed by atoms with E-state index in [2.05, 4.69) is 41.3 Å². The standard InChI is InChI=1S/C26H34N4O2/c1-25-12-5-13-26(2,17-25)16-19(15-25)30(4)23-10-9-21(28-29-23)20-8-6-18(14-22(20)31)7-11-24(32)27-3/h6-11,14,19,31H,5,12-13,15-17H2,1-4H3,(H,27,32)/b11-7+/t19?,25-,26+. The fourth-order valence-corrected chi connectivity index (χ4v) is 5.95. The van der Waals surface area contributed by atoms with E-state index in [1.165, 1.54) is 44.6 Å². The Morgan fingerprint density at radius 3 is 2.47 bits per heavy atom. The highest BCUT2D eigenvalue weighted by atomic mass is 16.3. The zero-order valence-corrected chi connectivity index (χ0v) is 19.6. The summed E-state index contributed by atoms with van der Waals surface area (Å²) in [5.74, 6) is 0.791. The number of aromatic hydroxyl groups is 1. The summed E-state index contributed by atoms with van der Waals surface area (Å²) in [7, 11) is 3.71. The molecule has 0 aliphatic heterocycles. The van der Waals surface area contributed by atoms with Crippen molar-refractivity contribution >= 4 is 17.8 Å². The number of benzene rings is 1. The molecule has 0 spiro atoms. The van der Waals surface area contributed by atoms with E-state index in [-0.39, 0.29) is 11.7 Å². The van der Waals surface area contributed by atoms with Gasteiger partial charge in [0.15, 0.2) is 5.82 Å². The quantitative estimate of drug-likeness (QED) is 0.662. The van der Waals surface area contributed by atoms with E-state index in [1.807, 2.05) is 18.2 Å². The molecule has 0 saturated heterocycles. The Balaban J connectivity index is 1.50. The monoisotopic (exact) mass is 434 g/mol. The summed E-state index contributed by atoms with van der Waals surface area (Å²) >= 11 is 0. The molecule has 1 amide bonds. The lowest BCUT2D eigenvalue weighted by molar-refractivity contribution is -0.115. The van der Waals surface area contributed by atoms with Crippen molar-refractivity contribution in [2.24, 2.45) is 10.8 Å². The molecule has 2 N–H and O–H groups in total. The number of likely N-dealkylation sites (N-methyl/N-ethyl adjacent to an activating group) is 1. The molecule has 1 heterocycles. The molecule has 1 unspecified atom stereocenters. The highest BCUT2D eigenvalue weighted by Crippen LogP contribution is 2.56. The van der Waals surface area contributed by atoms with Gasteiger partial charge in [-0.05, 0) is 78.8 Å². The van der Waals surface area contributed by atoms with Crippen LogP contribution in [0.15, 0.2) is 36.4 Å². The van der Waals surface area contributed by atoms with E-state index in [1.54, 1.807) is 25.3 Å². The number of anilines is 1. The van der Waals surface area contributed by atoms with Crippen molar-refractivity contribution in [3.05, 3.63) is 42.0 Å². The molecule has 0 radical (unpaired) electrons. The maximum absolute atomic E-state index is 11.4. The van der Waals surface area contributed by atoms with Crippen LogP contribution >= 0.6 is 0 Å². The zero-order chi connectivity index (χ0) is 22.9. The van der Waals surface area contributed by atoms with Gasteiger partial charge in [0.1, 0.15) is 5.75 Å². The maximum atomic E-state index is 11.4. The summed E-state index contributed by atoms with van der Waals surface area (Å²) in [5.41, 5.74) is 2.84. The molecule has 1 aromatic heterocycles. The second kappa shape index (κ2) is 8.57. The summed E-state index contributed by atoms with van der Waals surface area (Å²) in [4.78, 5) is 13.7. The normalized spacial score (nSPS) is 27.3. The van der Waals surface area contributed by atoms with E-state index >= 15 is 0 Å². The average Bonchev–Trinajstić information content (AvgIpc) is 2.75. The van der Waals surface area contributed by atoms with Crippen molar-refractivity contribution in [2.45, 2.75) is 58.4 Å². The predicted molar refractivity (Wildman–Crippen MR) is 128 cm³/mol. The van der Waals surface area contributed by atoms with E-state index in [0.717, 1.165) is 11.4 Å². The molecule has 2 fully saturated rings. The Kier molecular flexibility index (Phi) is 5.97. The topological polar surface area (TPSA) is 78.4 Å². The van der Waals surface area contributed by atoms with Crippen molar-refractivity contribution in [2.75, 3.05) is 19.0 Å². The van der Waals surface area contributed by atoms with Crippen LogP contribution in [-0.4, -0.2) is 41.3 Å². The first-order valence-electron chi connectivity index (χ1n) is 11.5. The van der Waals surface area contributed by atoms with Crippen LogP contribution in [0, 0.1) is 10.8 Å². The van der Waals surface area contributed by atoms with E-state index < -0.39 is 0 Å². The Labute approximate surface area is 190 Å². The van der Waals surface area contributed by atoms with Gasteiger partial charge in [-0.2, -0.15) is 0 Å². The van der Waals surface area contributed by atoms with Gasteiger partial charge < -0.3 is 15.3 Å². The van der Waals surface area contributed by atoms with Gasteiger partial charge in [-0.3, -0.25) is 4.79 Å². The number of fused-ring (bicyclic) bond motifs is 2. The number of hydrogen-bond donors (Lipinski definition) is 2. The number of hydrogen-bond acceptors (Lipinski definition) is 5. The van der Waals surface area contributed by atoms with Crippen LogP contribution in [0.1, 0.15) is 57.9 Å². The molecule has 32 heavy (non-hydrogen) atoms. The lowest BCUT2D eigenvalue weighted by atomic mass is 9.55. The first-order chi connectivity index (χ1) is 15.2. The van der Waals surface area contributed by atoms with Crippen LogP contribution in [0.5, 0.6) is 5.75 Å². The molecular weight excluding hydrogens is 400 g/mol. The van der Waals surface area contributed by atoms with Crippen molar-refractivity contribution in [1.82, 2.24) is 15.5 Å². The molecule has 2 bridgehead atoms.